The van der Waals surface area contributed by atoms with Gasteiger partial charge in [-0.05, 0) is 68.0 Å². The Bertz CT molecular complexity index is 1170. The number of nitrogens with zero attached hydrogens (tertiary/aromatic N) is 4. The Morgan fingerprint density at radius 3 is 2.61 bits per heavy atom. The van der Waals surface area contributed by atoms with Crippen LogP contribution in [0, 0.1) is 0 Å². The Morgan fingerprint density at radius 1 is 1.03 bits per heavy atom. The molecule has 1 atom stereocenters. The lowest BCUT2D eigenvalue weighted by Crippen LogP contribution is -2.46. The minimum atomic E-state index is 0.0483. The molecule has 0 amide bonds. The number of amidine groups is 2. The summed E-state index contributed by atoms with van der Waals surface area (Å²) in [5.74, 6) is 2.06. The molecule has 1 fully saturated rings. The summed E-state index contributed by atoms with van der Waals surface area (Å²) >= 11 is 0. The summed E-state index contributed by atoms with van der Waals surface area (Å²) in [5, 5.41) is 11.2. The molecule has 0 spiro atoms. The number of aromatic amines is 1. The van der Waals surface area contributed by atoms with Crippen LogP contribution in [0.5, 0.6) is 0 Å². The number of aromatic nitrogens is 2. The molecule has 36 heavy (non-hydrogen) atoms. The number of nitrogens with one attached hydrogen (secondary N) is 2. The minimum absolute atomic E-state index is 0.0483. The molecular weight excluding hydrogens is 444 g/mol. The molecule has 2 N–H and O–H groups in total. The van der Waals surface area contributed by atoms with Gasteiger partial charge in [-0.1, -0.05) is 50.3 Å². The van der Waals surface area contributed by atoms with Gasteiger partial charge < -0.3 is 10.2 Å². The van der Waals surface area contributed by atoms with Crippen LogP contribution in [0.25, 0.3) is 12.2 Å². The van der Waals surface area contributed by atoms with Crippen LogP contribution in [-0.2, 0) is 6.42 Å². The van der Waals surface area contributed by atoms with Crippen molar-refractivity contribution in [2.24, 2.45) is 9.98 Å². The van der Waals surface area contributed by atoms with Crippen molar-refractivity contribution in [3.63, 3.8) is 0 Å². The second-order valence-electron chi connectivity index (χ2n) is 9.54. The lowest BCUT2D eigenvalue weighted by atomic mass is 9.99. The van der Waals surface area contributed by atoms with Crippen LogP contribution in [0.3, 0.4) is 0 Å². The van der Waals surface area contributed by atoms with Crippen molar-refractivity contribution in [1.82, 2.24) is 20.4 Å². The van der Waals surface area contributed by atoms with E-state index < -0.39 is 0 Å². The van der Waals surface area contributed by atoms with Crippen LogP contribution >= 0.6 is 0 Å². The van der Waals surface area contributed by atoms with Gasteiger partial charge in [0.1, 0.15) is 11.7 Å². The third-order valence-corrected chi connectivity index (χ3v) is 6.96. The third kappa shape index (κ3) is 6.49. The van der Waals surface area contributed by atoms with Gasteiger partial charge in [0.2, 0.25) is 0 Å². The van der Waals surface area contributed by atoms with Gasteiger partial charge in [0.25, 0.3) is 0 Å². The predicted octanol–water partition coefficient (Wildman–Crippen LogP) is 5.98. The fraction of sp³-hybridized carbons (Fsp3) is 0.433. The van der Waals surface area contributed by atoms with Gasteiger partial charge >= 0.3 is 0 Å². The number of aryl methyl sites for hydroxylation is 1. The van der Waals surface area contributed by atoms with Gasteiger partial charge in [0, 0.05) is 38.3 Å². The molecule has 1 aromatic carbocycles. The molecule has 1 unspecified atom stereocenters. The van der Waals surface area contributed by atoms with E-state index in [1.54, 1.807) is 0 Å². The predicted molar refractivity (Wildman–Crippen MR) is 152 cm³/mol. The average molecular weight is 485 g/mol. The number of H-pyrrole nitrogens is 1. The van der Waals surface area contributed by atoms with Crippen molar-refractivity contribution in [3.05, 3.63) is 76.3 Å². The number of benzene rings is 1. The molecule has 2 aromatic rings. The first-order chi connectivity index (χ1) is 17.6. The zero-order valence-electron chi connectivity index (χ0n) is 22.2. The molecule has 6 heteroatoms. The van der Waals surface area contributed by atoms with Crippen LogP contribution in [0.2, 0.25) is 0 Å². The van der Waals surface area contributed by atoms with Crippen LogP contribution in [0.1, 0.15) is 75.4 Å². The molecular formula is C30H40N6. The van der Waals surface area contributed by atoms with Crippen molar-refractivity contribution in [2.45, 2.75) is 59.3 Å². The van der Waals surface area contributed by atoms with E-state index in [9.17, 15) is 0 Å². The highest BCUT2D eigenvalue weighted by molar-refractivity contribution is 6.01. The Morgan fingerprint density at radius 2 is 1.86 bits per heavy atom. The first-order valence-electron chi connectivity index (χ1n) is 13.4. The van der Waals surface area contributed by atoms with Crippen molar-refractivity contribution in [1.29, 1.82) is 0 Å². The standard InChI is InChI=1S/C30H40N6/c1-5-9-25-21-28(35-34-25)26(7-3)30-32-27(14-13-24-11-8-10-23(6-2)20-24)22(4)12-15-29(33-30)36-18-16-31-17-19-36/h5,8-11,13-14,20-21,26,31H,6-7,12,15-19H2,1-4H3,(H,34,35)/b9-5+,14-13+,27-22?,32-30?,33-29?. The smallest absolute Gasteiger partial charge is 0.140 e. The lowest BCUT2D eigenvalue weighted by molar-refractivity contribution is 0.351. The maximum absolute atomic E-state index is 5.26. The second kappa shape index (κ2) is 12.6. The zero-order valence-corrected chi connectivity index (χ0v) is 22.2. The van der Waals surface area contributed by atoms with Crippen LogP contribution in [-0.4, -0.2) is 52.9 Å². The summed E-state index contributed by atoms with van der Waals surface area (Å²) in [7, 11) is 0. The van der Waals surface area contributed by atoms with E-state index in [2.05, 4.69) is 83.7 Å². The third-order valence-electron chi connectivity index (χ3n) is 6.96. The first-order valence-corrected chi connectivity index (χ1v) is 13.4. The average Bonchev–Trinajstić information content (AvgIpc) is 3.36. The Kier molecular flexibility index (Phi) is 9.06. The molecule has 4 rings (SSSR count). The minimum Gasteiger partial charge on any atom is -0.357 e. The fourth-order valence-electron chi connectivity index (χ4n) is 4.77. The van der Waals surface area contributed by atoms with E-state index in [1.807, 2.05) is 19.1 Å². The molecule has 0 aliphatic carbocycles. The number of hydrogen-bond donors (Lipinski definition) is 2. The summed E-state index contributed by atoms with van der Waals surface area (Å²) < 4.78 is 0. The molecule has 1 saturated heterocycles. The molecule has 3 heterocycles. The normalized spacial score (nSPS) is 18.4. The maximum Gasteiger partial charge on any atom is 0.140 e. The highest BCUT2D eigenvalue weighted by Crippen LogP contribution is 2.27. The molecule has 2 aliphatic heterocycles. The first kappa shape index (κ1) is 25.8. The summed E-state index contributed by atoms with van der Waals surface area (Å²) in [5.41, 5.74) is 6.86. The van der Waals surface area contributed by atoms with Crippen LogP contribution < -0.4 is 5.32 Å². The molecule has 6 nitrogen and oxygen atoms in total. The van der Waals surface area contributed by atoms with Gasteiger partial charge in [-0.15, -0.1) is 0 Å². The van der Waals surface area contributed by atoms with Gasteiger partial charge in [-0.3, -0.25) is 5.10 Å². The molecule has 0 bridgehead atoms. The van der Waals surface area contributed by atoms with Crippen molar-refractivity contribution in [2.75, 3.05) is 26.2 Å². The summed E-state index contributed by atoms with van der Waals surface area (Å²) in [6.45, 7) is 12.6. The number of piperazine rings is 1. The van der Waals surface area contributed by atoms with E-state index in [0.29, 0.717) is 0 Å². The van der Waals surface area contributed by atoms with Crippen molar-refractivity contribution >= 4 is 23.8 Å². The molecule has 190 valence electrons. The Hall–Kier alpha value is -3.25. The number of rotatable bonds is 7. The summed E-state index contributed by atoms with van der Waals surface area (Å²) in [6.07, 6.45) is 12.2. The van der Waals surface area contributed by atoms with Crippen molar-refractivity contribution < 1.29 is 0 Å². The van der Waals surface area contributed by atoms with E-state index in [4.69, 9.17) is 9.98 Å². The number of allylic oxidation sites excluding steroid dienone is 3. The molecule has 0 radical (unpaired) electrons. The van der Waals surface area contributed by atoms with E-state index in [-0.39, 0.29) is 5.92 Å². The van der Waals surface area contributed by atoms with Gasteiger partial charge in [-0.2, -0.15) is 5.10 Å². The van der Waals surface area contributed by atoms with E-state index in [0.717, 1.165) is 80.6 Å². The molecule has 2 aliphatic rings. The van der Waals surface area contributed by atoms with E-state index in [1.165, 1.54) is 16.7 Å². The highest BCUT2D eigenvalue weighted by atomic mass is 15.2. The maximum atomic E-state index is 5.26. The van der Waals surface area contributed by atoms with Gasteiger partial charge in [0.05, 0.1) is 17.3 Å². The van der Waals surface area contributed by atoms with Gasteiger partial charge in [0.15, 0.2) is 0 Å². The lowest BCUT2D eigenvalue weighted by Gasteiger charge is -2.31. The number of hydrogen-bond acceptors (Lipinski definition) is 5. The quantitative estimate of drug-likeness (QED) is 0.508. The molecule has 1 aromatic heterocycles. The SMILES string of the molecule is C/C=C/c1cc(C(CC)C2=NC(/C=C/c3cccc(CC)c3)=C(C)CCC(N3CCNCC3)=N2)[nH]n1. The zero-order chi connectivity index (χ0) is 25.3. The fourth-order valence-corrected chi connectivity index (χ4v) is 4.77. The highest BCUT2D eigenvalue weighted by Gasteiger charge is 2.24. The van der Waals surface area contributed by atoms with Crippen LogP contribution in [0.15, 0.2) is 63.7 Å². The molecule has 0 saturated carbocycles. The Labute approximate surface area is 216 Å². The van der Waals surface area contributed by atoms with Crippen LogP contribution in [0.4, 0.5) is 0 Å². The van der Waals surface area contributed by atoms with Crippen molar-refractivity contribution in [3.8, 4) is 0 Å². The van der Waals surface area contributed by atoms with E-state index >= 15 is 0 Å². The largest absolute Gasteiger partial charge is 0.357 e. The summed E-state index contributed by atoms with van der Waals surface area (Å²) in [4.78, 5) is 12.9. The summed E-state index contributed by atoms with van der Waals surface area (Å²) in [6, 6.07) is 10.8. The number of aliphatic imine (C=N–C) groups is 2. The van der Waals surface area contributed by atoms with Gasteiger partial charge in [-0.25, -0.2) is 9.98 Å². The topological polar surface area (TPSA) is 68.7 Å². The monoisotopic (exact) mass is 484 g/mol. The Balaban J connectivity index is 1.74. The second-order valence-corrected chi connectivity index (χ2v) is 9.54.